The van der Waals surface area contributed by atoms with Gasteiger partial charge in [-0.05, 0) is 36.8 Å². The van der Waals surface area contributed by atoms with Gasteiger partial charge in [0.2, 0.25) is 0 Å². The van der Waals surface area contributed by atoms with Crippen LogP contribution in [-0.2, 0) is 0 Å². The maximum Gasteiger partial charge on any atom is 0.123 e. The van der Waals surface area contributed by atoms with Crippen LogP contribution < -0.4 is 10.1 Å². The van der Waals surface area contributed by atoms with E-state index in [0.29, 0.717) is 17.9 Å². The first-order valence-electron chi connectivity index (χ1n) is 7.12. The molecule has 0 bridgehead atoms. The van der Waals surface area contributed by atoms with E-state index in [1.165, 1.54) is 17.5 Å². The van der Waals surface area contributed by atoms with Crippen LogP contribution in [0.25, 0.3) is 0 Å². The molecule has 1 aromatic rings. The van der Waals surface area contributed by atoms with E-state index in [1.54, 1.807) is 0 Å². The quantitative estimate of drug-likeness (QED) is 0.872. The number of nitrogens with one attached hydrogen (secondary N) is 1. The third-order valence-electron chi connectivity index (χ3n) is 3.65. The zero-order valence-corrected chi connectivity index (χ0v) is 12.0. The van der Waals surface area contributed by atoms with Crippen molar-refractivity contribution < 1.29 is 4.74 Å². The maximum absolute atomic E-state index is 5.80. The fourth-order valence-electron chi connectivity index (χ4n) is 2.89. The van der Waals surface area contributed by atoms with Crippen LogP contribution in [0.4, 0.5) is 0 Å². The summed E-state index contributed by atoms with van der Waals surface area (Å²) < 4.78 is 5.80. The highest BCUT2D eigenvalue weighted by Crippen LogP contribution is 2.38. The van der Waals surface area contributed by atoms with Gasteiger partial charge < -0.3 is 10.1 Å². The predicted molar refractivity (Wildman–Crippen MR) is 76.2 cm³/mol. The van der Waals surface area contributed by atoms with Crippen molar-refractivity contribution in [3.8, 4) is 5.75 Å². The van der Waals surface area contributed by atoms with Gasteiger partial charge in [0.1, 0.15) is 5.75 Å². The number of rotatable bonds is 4. The summed E-state index contributed by atoms with van der Waals surface area (Å²) in [5.74, 6) is 2.32. The molecule has 2 unspecified atom stereocenters. The molecule has 0 saturated carbocycles. The van der Waals surface area contributed by atoms with E-state index in [-0.39, 0.29) is 0 Å². The molecule has 0 saturated heterocycles. The first-order valence-corrected chi connectivity index (χ1v) is 7.12. The average Bonchev–Trinajstić information content (AvgIpc) is 2.33. The van der Waals surface area contributed by atoms with Gasteiger partial charge in [0.05, 0.1) is 6.61 Å². The van der Waals surface area contributed by atoms with E-state index in [0.717, 1.165) is 18.9 Å². The predicted octanol–water partition coefficient (Wildman–Crippen LogP) is 3.88. The smallest absolute Gasteiger partial charge is 0.123 e. The molecular weight excluding hydrogens is 222 g/mol. The molecule has 1 N–H and O–H groups in total. The summed E-state index contributed by atoms with van der Waals surface area (Å²) in [6.07, 6.45) is 1.19. The van der Waals surface area contributed by atoms with Gasteiger partial charge >= 0.3 is 0 Å². The molecule has 100 valence electrons. The summed E-state index contributed by atoms with van der Waals surface area (Å²) in [5, 5.41) is 3.67. The van der Waals surface area contributed by atoms with Crippen molar-refractivity contribution in [3.05, 3.63) is 29.3 Å². The van der Waals surface area contributed by atoms with E-state index < -0.39 is 0 Å². The second kappa shape index (κ2) is 5.75. The normalized spacial score (nSPS) is 22.9. The minimum atomic E-state index is 0.483. The summed E-state index contributed by atoms with van der Waals surface area (Å²) >= 11 is 0. The molecule has 0 fully saturated rings. The van der Waals surface area contributed by atoms with Crippen LogP contribution in [0.3, 0.4) is 0 Å². The fraction of sp³-hybridized carbons (Fsp3) is 0.625. The van der Waals surface area contributed by atoms with Gasteiger partial charge in [-0.2, -0.15) is 0 Å². The van der Waals surface area contributed by atoms with E-state index in [1.807, 2.05) is 0 Å². The largest absolute Gasteiger partial charge is 0.494 e. The lowest BCUT2D eigenvalue weighted by Crippen LogP contribution is -2.33. The number of hydrogen-bond acceptors (Lipinski definition) is 2. The molecule has 1 aliphatic heterocycles. The number of hydrogen-bond donors (Lipinski definition) is 1. The first-order chi connectivity index (χ1) is 8.63. The van der Waals surface area contributed by atoms with Crippen LogP contribution in [0.2, 0.25) is 0 Å². The van der Waals surface area contributed by atoms with Gasteiger partial charge in [-0.1, -0.05) is 32.9 Å². The Bertz CT molecular complexity index is 400. The molecule has 2 heteroatoms. The number of fused-ring (bicyclic) bond motifs is 1. The van der Waals surface area contributed by atoms with E-state index in [4.69, 9.17) is 4.74 Å². The van der Waals surface area contributed by atoms with Crippen LogP contribution in [0.1, 0.15) is 57.2 Å². The second-order valence-electron chi connectivity index (χ2n) is 5.68. The van der Waals surface area contributed by atoms with Crippen LogP contribution in [-0.4, -0.2) is 13.2 Å². The highest BCUT2D eigenvalue weighted by atomic mass is 16.5. The molecular formula is C16H25NO. The third-order valence-corrected chi connectivity index (χ3v) is 3.65. The molecule has 0 amide bonds. The molecule has 2 rings (SSSR count). The van der Waals surface area contributed by atoms with E-state index >= 15 is 0 Å². The third kappa shape index (κ3) is 2.69. The minimum absolute atomic E-state index is 0.483. The standard InChI is InChI=1S/C16H25NO/c1-5-18-15-8-6-7-13-14(9-11(2)3)17-10-12(4)16(13)15/h6-8,11-12,14,17H,5,9-10H2,1-4H3. The summed E-state index contributed by atoms with van der Waals surface area (Å²) in [6.45, 7) is 10.7. The van der Waals surface area contributed by atoms with Crippen LogP contribution in [0, 0.1) is 5.92 Å². The Morgan fingerprint density at radius 3 is 2.83 bits per heavy atom. The molecule has 1 heterocycles. The molecule has 1 aromatic carbocycles. The Kier molecular flexibility index (Phi) is 4.28. The number of ether oxygens (including phenoxy) is 1. The van der Waals surface area contributed by atoms with Crippen LogP contribution in [0.15, 0.2) is 18.2 Å². The van der Waals surface area contributed by atoms with Gasteiger partial charge in [-0.25, -0.2) is 0 Å². The van der Waals surface area contributed by atoms with Crippen molar-refractivity contribution in [2.45, 2.75) is 46.1 Å². The first kappa shape index (κ1) is 13.4. The molecule has 0 spiro atoms. The van der Waals surface area contributed by atoms with Gasteiger partial charge in [0.15, 0.2) is 0 Å². The average molecular weight is 247 g/mol. The zero-order valence-electron chi connectivity index (χ0n) is 12.0. The second-order valence-corrected chi connectivity index (χ2v) is 5.68. The van der Waals surface area contributed by atoms with Crippen molar-refractivity contribution in [1.29, 1.82) is 0 Å². The van der Waals surface area contributed by atoms with Gasteiger partial charge in [-0.15, -0.1) is 0 Å². The molecule has 18 heavy (non-hydrogen) atoms. The molecule has 0 radical (unpaired) electrons. The highest BCUT2D eigenvalue weighted by Gasteiger charge is 2.27. The van der Waals surface area contributed by atoms with Gasteiger partial charge in [-0.3, -0.25) is 0 Å². The Hall–Kier alpha value is -1.02. The molecule has 0 aromatic heterocycles. The van der Waals surface area contributed by atoms with E-state index in [9.17, 15) is 0 Å². The summed E-state index contributed by atoms with van der Waals surface area (Å²) in [6, 6.07) is 6.97. The minimum Gasteiger partial charge on any atom is -0.494 e. The molecule has 1 aliphatic rings. The van der Waals surface area contributed by atoms with Crippen molar-refractivity contribution in [1.82, 2.24) is 5.32 Å². The van der Waals surface area contributed by atoms with Gasteiger partial charge in [0.25, 0.3) is 0 Å². The summed E-state index contributed by atoms with van der Waals surface area (Å²) in [7, 11) is 0. The molecule has 2 nitrogen and oxygen atoms in total. The van der Waals surface area contributed by atoms with Crippen LogP contribution >= 0.6 is 0 Å². The van der Waals surface area contributed by atoms with Crippen molar-refractivity contribution >= 4 is 0 Å². The number of benzene rings is 1. The lowest BCUT2D eigenvalue weighted by molar-refractivity contribution is 0.324. The van der Waals surface area contributed by atoms with Crippen molar-refractivity contribution in [3.63, 3.8) is 0 Å². The Morgan fingerprint density at radius 2 is 2.17 bits per heavy atom. The van der Waals surface area contributed by atoms with E-state index in [2.05, 4.69) is 51.2 Å². The SMILES string of the molecule is CCOc1cccc2c1C(C)CNC2CC(C)C. The highest BCUT2D eigenvalue weighted by molar-refractivity contribution is 5.46. The summed E-state index contributed by atoms with van der Waals surface area (Å²) in [4.78, 5) is 0. The Labute approximate surface area is 111 Å². The Morgan fingerprint density at radius 1 is 1.39 bits per heavy atom. The van der Waals surface area contributed by atoms with Crippen molar-refractivity contribution in [2.24, 2.45) is 5.92 Å². The lowest BCUT2D eigenvalue weighted by Gasteiger charge is -2.33. The van der Waals surface area contributed by atoms with Crippen LogP contribution in [0.5, 0.6) is 5.75 Å². The fourth-order valence-corrected chi connectivity index (χ4v) is 2.89. The zero-order chi connectivity index (χ0) is 13.1. The lowest BCUT2D eigenvalue weighted by atomic mass is 9.84. The van der Waals surface area contributed by atoms with Gasteiger partial charge in [0, 0.05) is 18.2 Å². The Balaban J connectivity index is 2.36. The topological polar surface area (TPSA) is 21.3 Å². The summed E-state index contributed by atoms with van der Waals surface area (Å²) in [5.41, 5.74) is 2.86. The maximum atomic E-state index is 5.80. The van der Waals surface area contributed by atoms with Crippen molar-refractivity contribution in [2.75, 3.05) is 13.2 Å². The monoisotopic (exact) mass is 247 g/mol. The molecule has 2 atom stereocenters. The molecule has 0 aliphatic carbocycles.